The average molecular weight is 322 g/mol. The standard InChI is InChI=1S/C14H10O7S/c15-13(16)10-7-4-8-11(12(10)14(17)18)22(19,20)21-9-5-2-1-3-6-9/h1-8H,(H,15,16)(H,17,18). The zero-order chi connectivity index (χ0) is 16.3. The number of hydrogen-bond donors (Lipinski definition) is 2. The van der Waals surface area contributed by atoms with Gasteiger partial charge in [-0.15, -0.1) is 0 Å². The molecule has 114 valence electrons. The van der Waals surface area contributed by atoms with Crippen molar-refractivity contribution in [2.75, 3.05) is 0 Å². The Kier molecular flexibility index (Phi) is 4.13. The lowest BCUT2D eigenvalue weighted by Gasteiger charge is -2.10. The summed E-state index contributed by atoms with van der Waals surface area (Å²) < 4.78 is 29.3. The Hall–Kier alpha value is -2.87. The number of para-hydroxylation sites is 1. The summed E-state index contributed by atoms with van der Waals surface area (Å²) in [5, 5.41) is 18.1. The van der Waals surface area contributed by atoms with Crippen molar-refractivity contribution in [3.8, 4) is 5.75 Å². The Balaban J connectivity index is 2.58. The fourth-order valence-electron chi connectivity index (χ4n) is 1.79. The lowest BCUT2D eigenvalue weighted by atomic mass is 10.1. The zero-order valence-corrected chi connectivity index (χ0v) is 11.8. The van der Waals surface area contributed by atoms with E-state index in [1.54, 1.807) is 6.07 Å². The Labute approximate surface area is 125 Å². The Morgan fingerprint density at radius 3 is 2.05 bits per heavy atom. The largest absolute Gasteiger partial charge is 0.478 e. The molecule has 0 fully saturated rings. The van der Waals surface area contributed by atoms with Crippen LogP contribution in [0.5, 0.6) is 5.75 Å². The third-order valence-electron chi connectivity index (χ3n) is 2.69. The first kappa shape index (κ1) is 15.5. The van der Waals surface area contributed by atoms with Crippen LogP contribution in [-0.2, 0) is 10.1 Å². The highest BCUT2D eigenvalue weighted by atomic mass is 32.2. The van der Waals surface area contributed by atoms with Crippen LogP contribution < -0.4 is 4.18 Å². The molecular formula is C14H10O7S. The summed E-state index contributed by atoms with van der Waals surface area (Å²) in [5.74, 6) is -3.23. The van der Waals surface area contributed by atoms with Gasteiger partial charge in [0.25, 0.3) is 0 Å². The molecule has 22 heavy (non-hydrogen) atoms. The minimum Gasteiger partial charge on any atom is -0.478 e. The number of rotatable bonds is 5. The minimum atomic E-state index is -4.49. The van der Waals surface area contributed by atoms with E-state index in [-0.39, 0.29) is 5.75 Å². The summed E-state index contributed by atoms with van der Waals surface area (Å²) in [4.78, 5) is 21.6. The molecule has 0 spiro atoms. The Morgan fingerprint density at radius 1 is 0.864 bits per heavy atom. The van der Waals surface area contributed by atoms with Crippen LogP contribution >= 0.6 is 0 Å². The molecule has 2 aromatic rings. The van der Waals surface area contributed by atoms with Gasteiger partial charge < -0.3 is 14.4 Å². The molecule has 2 aromatic carbocycles. The molecule has 2 rings (SSSR count). The quantitative estimate of drug-likeness (QED) is 0.806. The van der Waals surface area contributed by atoms with Gasteiger partial charge in [0, 0.05) is 0 Å². The molecule has 0 aliphatic heterocycles. The first-order valence-corrected chi connectivity index (χ1v) is 7.33. The van der Waals surface area contributed by atoms with Crippen molar-refractivity contribution >= 4 is 22.1 Å². The summed E-state index contributed by atoms with van der Waals surface area (Å²) in [5.41, 5.74) is -1.48. The van der Waals surface area contributed by atoms with Gasteiger partial charge >= 0.3 is 22.1 Å². The van der Waals surface area contributed by atoms with E-state index in [1.807, 2.05) is 0 Å². The molecule has 2 N–H and O–H groups in total. The van der Waals surface area contributed by atoms with E-state index in [0.29, 0.717) is 0 Å². The van der Waals surface area contributed by atoms with E-state index in [0.717, 1.165) is 18.2 Å². The van der Waals surface area contributed by atoms with Gasteiger partial charge in [0.05, 0.1) is 11.1 Å². The summed E-state index contributed by atoms with van der Waals surface area (Å²) in [6.45, 7) is 0. The maximum atomic E-state index is 12.2. The van der Waals surface area contributed by atoms with E-state index in [1.165, 1.54) is 24.3 Å². The Bertz CT molecular complexity index is 826. The summed E-state index contributed by atoms with van der Waals surface area (Å²) in [6, 6.07) is 10.6. The normalized spacial score (nSPS) is 10.9. The molecule has 0 heterocycles. The molecule has 0 saturated carbocycles. The van der Waals surface area contributed by atoms with Crippen LogP contribution in [0.4, 0.5) is 0 Å². The highest BCUT2D eigenvalue weighted by Gasteiger charge is 2.29. The van der Waals surface area contributed by atoms with Gasteiger partial charge in [0.2, 0.25) is 0 Å². The van der Waals surface area contributed by atoms with Gasteiger partial charge in [-0.3, -0.25) is 0 Å². The van der Waals surface area contributed by atoms with Gasteiger partial charge in [0.15, 0.2) is 0 Å². The molecule has 0 aliphatic carbocycles. The molecule has 0 bridgehead atoms. The predicted molar refractivity (Wildman–Crippen MR) is 74.6 cm³/mol. The molecule has 0 aromatic heterocycles. The fraction of sp³-hybridized carbons (Fsp3) is 0. The maximum Gasteiger partial charge on any atom is 0.340 e. The molecule has 7 nitrogen and oxygen atoms in total. The fourth-order valence-corrected chi connectivity index (χ4v) is 2.93. The lowest BCUT2D eigenvalue weighted by molar-refractivity contribution is 0.0648. The minimum absolute atomic E-state index is 0.0143. The SMILES string of the molecule is O=C(O)c1cccc(S(=O)(=O)Oc2ccccc2)c1C(=O)O. The highest BCUT2D eigenvalue weighted by molar-refractivity contribution is 7.87. The van der Waals surface area contributed by atoms with Crippen LogP contribution in [0.1, 0.15) is 20.7 Å². The van der Waals surface area contributed by atoms with Crippen LogP contribution in [0.15, 0.2) is 53.4 Å². The number of carboxylic acids is 2. The second-order valence-corrected chi connectivity index (χ2v) is 5.65. The predicted octanol–water partition coefficient (Wildman–Crippen LogP) is 1.85. The smallest absolute Gasteiger partial charge is 0.340 e. The van der Waals surface area contributed by atoms with Crippen LogP contribution in [0.2, 0.25) is 0 Å². The maximum absolute atomic E-state index is 12.2. The van der Waals surface area contributed by atoms with Crippen LogP contribution in [0, 0.1) is 0 Å². The monoisotopic (exact) mass is 322 g/mol. The third-order valence-corrected chi connectivity index (χ3v) is 3.98. The van der Waals surface area contributed by atoms with Crippen LogP contribution in [0.25, 0.3) is 0 Å². The number of benzene rings is 2. The van der Waals surface area contributed by atoms with Crippen molar-refractivity contribution in [3.05, 3.63) is 59.7 Å². The molecule has 0 aliphatic rings. The molecule has 0 radical (unpaired) electrons. The van der Waals surface area contributed by atoms with Crippen molar-refractivity contribution in [3.63, 3.8) is 0 Å². The van der Waals surface area contributed by atoms with E-state index in [9.17, 15) is 18.0 Å². The average Bonchev–Trinajstić information content (AvgIpc) is 2.46. The molecule has 0 saturated heterocycles. The van der Waals surface area contributed by atoms with Crippen LogP contribution in [0.3, 0.4) is 0 Å². The van der Waals surface area contributed by atoms with Gasteiger partial charge in [-0.2, -0.15) is 8.42 Å². The lowest BCUT2D eigenvalue weighted by Crippen LogP contribution is -2.18. The van der Waals surface area contributed by atoms with Crippen molar-refractivity contribution in [2.24, 2.45) is 0 Å². The third kappa shape index (κ3) is 3.07. The number of carboxylic acid groups (broad SMARTS) is 2. The van der Waals surface area contributed by atoms with E-state index in [2.05, 4.69) is 0 Å². The highest BCUT2D eigenvalue weighted by Crippen LogP contribution is 2.24. The van der Waals surface area contributed by atoms with Crippen molar-refractivity contribution < 1.29 is 32.4 Å². The van der Waals surface area contributed by atoms with E-state index >= 15 is 0 Å². The van der Waals surface area contributed by atoms with Gasteiger partial charge in [0.1, 0.15) is 10.6 Å². The van der Waals surface area contributed by atoms with Crippen molar-refractivity contribution in [1.29, 1.82) is 0 Å². The summed E-state index contributed by atoms with van der Waals surface area (Å²) >= 11 is 0. The van der Waals surface area contributed by atoms with Crippen molar-refractivity contribution in [1.82, 2.24) is 0 Å². The molecule has 0 amide bonds. The van der Waals surface area contributed by atoms with Gasteiger partial charge in [-0.25, -0.2) is 9.59 Å². The number of hydrogen-bond acceptors (Lipinski definition) is 5. The molecule has 8 heteroatoms. The Morgan fingerprint density at radius 2 is 1.50 bits per heavy atom. The van der Waals surface area contributed by atoms with Crippen LogP contribution in [-0.4, -0.2) is 30.6 Å². The van der Waals surface area contributed by atoms with E-state index < -0.39 is 38.1 Å². The number of carbonyl (C=O) groups is 2. The van der Waals surface area contributed by atoms with E-state index in [4.69, 9.17) is 14.4 Å². The summed E-state index contributed by atoms with van der Waals surface area (Å²) in [6.07, 6.45) is 0. The molecule has 0 unspecified atom stereocenters. The first-order valence-electron chi connectivity index (χ1n) is 5.92. The summed E-state index contributed by atoms with van der Waals surface area (Å²) in [7, 11) is -4.49. The van der Waals surface area contributed by atoms with Gasteiger partial charge in [-0.05, 0) is 24.3 Å². The van der Waals surface area contributed by atoms with Gasteiger partial charge in [-0.1, -0.05) is 24.3 Å². The topological polar surface area (TPSA) is 118 Å². The van der Waals surface area contributed by atoms with Crippen molar-refractivity contribution in [2.45, 2.75) is 4.90 Å². The molecule has 0 atom stereocenters. The second-order valence-electron chi connectivity index (χ2n) is 4.14. The zero-order valence-electron chi connectivity index (χ0n) is 11.0. The number of aromatic carboxylic acids is 2. The molecular weight excluding hydrogens is 312 g/mol. The second kappa shape index (κ2) is 5.86. The first-order chi connectivity index (χ1) is 10.3.